The Kier molecular flexibility index (Phi) is 8.83. The first-order chi connectivity index (χ1) is 9.81. The van der Waals surface area contributed by atoms with Crippen LogP contribution in [-0.4, -0.2) is 11.7 Å². The van der Waals surface area contributed by atoms with Gasteiger partial charge in [-0.25, -0.2) is 0 Å². The van der Waals surface area contributed by atoms with Gasteiger partial charge in [-0.1, -0.05) is 63.5 Å². The van der Waals surface area contributed by atoms with E-state index in [2.05, 4.69) is 43.9 Å². The molecular weight excluding hydrogens is 244 g/mol. The van der Waals surface area contributed by atoms with Crippen molar-refractivity contribution in [3.05, 3.63) is 34.9 Å². The highest BCUT2D eigenvalue weighted by Gasteiger charge is 2.02. The predicted octanol–water partition coefficient (Wildman–Crippen LogP) is 4.50. The Morgan fingerprint density at radius 1 is 0.950 bits per heavy atom. The number of hydrogen-bond donors (Lipinski definition) is 1. The minimum Gasteiger partial charge on any atom is -0.384 e. The van der Waals surface area contributed by atoms with Crippen LogP contribution in [0.5, 0.6) is 0 Å². The third-order valence-electron chi connectivity index (χ3n) is 3.59. The highest BCUT2D eigenvalue weighted by atomic mass is 16.2. The van der Waals surface area contributed by atoms with Gasteiger partial charge in [0.15, 0.2) is 0 Å². The molecule has 0 unspecified atom stereocenters. The smallest absolute Gasteiger partial charge is 0.104 e. The van der Waals surface area contributed by atoms with Gasteiger partial charge in [0.2, 0.25) is 0 Å². The first kappa shape index (κ1) is 16.8. The van der Waals surface area contributed by atoms with E-state index in [0.29, 0.717) is 0 Å². The Bertz CT molecular complexity index is 437. The molecule has 0 aliphatic rings. The van der Waals surface area contributed by atoms with E-state index in [0.717, 1.165) is 12.0 Å². The zero-order chi connectivity index (χ0) is 14.6. The van der Waals surface area contributed by atoms with Crippen molar-refractivity contribution in [1.29, 1.82) is 0 Å². The zero-order valence-corrected chi connectivity index (χ0v) is 13.0. The summed E-state index contributed by atoms with van der Waals surface area (Å²) in [6, 6.07) is 6.65. The van der Waals surface area contributed by atoms with Crippen molar-refractivity contribution in [2.45, 2.75) is 65.2 Å². The van der Waals surface area contributed by atoms with E-state index in [1.165, 1.54) is 56.1 Å². The molecular formula is C19H28O. The Morgan fingerprint density at radius 2 is 1.75 bits per heavy atom. The molecule has 1 heteroatoms. The van der Waals surface area contributed by atoms with Gasteiger partial charge in [-0.3, -0.25) is 0 Å². The fourth-order valence-corrected chi connectivity index (χ4v) is 2.39. The third-order valence-corrected chi connectivity index (χ3v) is 3.59. The van der Waals surface area contributed by atoms with Crippen LogP contribution in [0, 0.1) is 11.8 Å². The van der Waals surface area contributed by atoms with E-state index in [1.54, 1.807) is 0 Å². The maximum atomic E-state index is 8.84. The Balaban J connectivity index is 2.73. The first-order valence-electron chi connectivity index (χ1n) is 8.03. The van der Waals surface area contributed by atoms with E-state index < -0.39 is 0 Å². The van der Waals surface area contributed by atoms with E-state index in [1.807, 2.05) is 0 Å². The van der Waals surface area contributed by atoms with Gasteiger partial charge >= 0.3 is 0 Å². The van der Waals surface area contributed by atoms with Crippen LogP contribution < -0.4 is 0 Å². The van der Waals surface area contributed by atoms with Crippen LogP contribution in [0.2, 0.25) is 0 Å². The van der Waals surface area contributed by atoms with E-state index in [-0.39, 0.29) is 6.61 Å². The van der Waals surface area contributed by atoms with Crippen LogP contribution in [0.3, 0.4) is 0 Å². The number of aryl methyl sites for hydroxylation is 2. The lowest BCUT2D eigenvalue weighted by Gasteiger charge is -2.08. The zero-order valence-electron chi connectivity index (χ0n) is 13.0. The number of unbranched alkanes of at least 4 members (excludes halogenated alkanes) is 4. The monoisotopic (exact) mass is 272 g/mol. The molecule has 0 spiro atoms. The Hall–Kier alpha value is -1.26. The summed E-state index contributed by atoms with van der Waals surface area (Å²) in [6.07, 6.45) is 9.90. The van der Waals surface area contributed by atoms with Gasteiger partial charge in [-0.05, 0) is 42.9 Å². The highest BCUT2D eigenvalue weighted by Crippen LogP contribution is 2.16. The molecule has 110 valence electrons. The maximum Gasteiger partial charge on any atom is 0.104 e. The number of benzene rings is 1. The van der Waals surface area contributed by atoms with Gasteiger partial charge in [0, 0.05) is 5.56 Å². The number of aliphatic hydroxyl groups excluding tert-OH is 1. The minimum atomic E-state index is -0.0635. The number of hydrogen-bond acceptors (Lipinski definition) is 1. The SMILES string of the molecule is CCCCCCc1ccc(C#CCO)c(CCCC)c1. The summed E-state index contributed by atoms with van der Waals surface area (Å²) < 4.78 is 0. The van der Waals surface area contributed by atoms with Crippen molar-refractivity contribution < 1.29 is 5.11 Å². The van der Waals surface area contributed by atoms with Crippen LogP contribution in [0.25, 0.3) is 0 Å². The van der Waals surface area contributed by atoms with Crippen LogP contribution >= 0.6 is 0 Å². The lowest BCUT2D eigenvalue weighted by molar-refractivity contribution is 0.350. The van der Waals surface area contributed by atoms with Crippen molar-refractivity contribution in [3.63, 3.8) is 0 Å². The molecule has 0 bridgehead atoms. The lowest BCUT2D eigenvalue weighted by atomic mass is 9.97. The molecule has 0 atom stereocenters. The fraction of sp³-hybridized carbons (Fsp3) is 0.579. The summed E-state index contributed by atoms with van der Waals surface area (Å²) in [6.45, 7) is 4.40. The molecule has 0 aliphatic heterocycles. The average Bonchev–Trinajstić information content (AvgIpc) is 2.48. The molecule has 0 amide bonds. The minimum absolute atomic E-state index is 0.0635. The lowest BCUT2D eigenvalue weighted by Crippen LogP contribution is -1.95. The summed E-state index contributed by atoms with van der Waals surface area (Å²) in [5, 5.41) is 8.84. The second-order valence-corrected chi connectivity index (χ2v) is 5.37. The van der Waals surface area contributed by atoms with Crippen LogP contribution in [0.1, 0.15) is 69.1 Å². The van der Waals surface area contributed by atoms with Gasteiger partial charge in [-0.15, -0.1) is 0 Å². The van der Waals surface area contributed by atoms with Crippen molar-refractivity contribution in [2.24, 2.45) is 0 Å². The molecule has 0 radical (unpaired) electrons. The summed E-state index contributed by atoms with van der Waals surface area (Å²) in [4.78, 5) is 0. The molecule has 0 aliphatic carbocycles. The summed E-state index contributed by atoms with van der Waals surface area (Å²) in [5.41, 5.74) is 3.87. The quantitative estimate of drug-likeness (QED) is 0.546. The second kappa shape index (κ2) is 10.5. The molecule has 0 saturated carbocycles. The van der Waals surface area contributed by atoms with Crippen molar-refractivity contribution in [2.75, 3.05) is 6.61 Å². The topological polar surface area (TPSA) is 20.2 Å². The van der Waals surface area contributed by atoms with Gasteiger partial charge in [0.1, 0.15) is 6.61 Å². The van der Waals surface area contributed by atoms with Crippen LogP contribution in [-0.2, 0) is 12.8 Å². The van der Waals surface area contributed by atoms with E-state index in [4.69, 9.17) is 5.11 Å². The fourth-order valence-electron chi connectivity index (χ4n) is 2.39. The largest absolute Gasteiger partial charge is 0.384 e. The third kappa shape index (κ3) is 6.26. The van der Waals surface area contributed by atoms with Gasteiger partial charge in [0.25, 0.3) is 0 Å². The molecule has 0 fully saturated rings. The average molecular weight is 272 g/mol. The molecule has 0 heterocycles. The van der Waals surface area contributed by atoms with Gasteiger partial charge in [-0.2, -0.15) is 0 Å². The molecule has 0 saturated heterocycles. The molecule has 1 aromatic rings. The summed E-state index contributed by atoms with van der Waals surface area (Å²) in [5.74, 6) is 5.84. The van der Waals surface area contributed by atoms with E-state index >= 15 is 0 Å². The molecule has 0 aromatic heterocycles. The molecule has 1 aromatic carbocycles. The number of aliphatic hydroxyl groups is 1. The molecule has 20 heavy (non-hydrogen) atoms. The van der Waals surface area contributed by atoms with E-state index in [9.17, 15) is 0 Å². The standard InChI is InChI=1S/C19H28O/c1-3-5-7-8-10-17-13-14-18(12-9-15-20)19(16-17)11-6-4-2/h13-14,16,20H,3-8,10-11,15H2,1-2H3. The summed E-state index contributed by atoms with van der Waals surface area (Å²) in [7, 11) is 0. The van der Waals surface area contributed by atoms with Crippen LogP contribution in [0.15, 0.2) is 18.2 Å². The Morgan fingerprint density at radius 3 is 2.45 bits per heavy atom. The Labute approximate surface area is 124 Å². The van der Waals surface area contributed by atoms with Crippen LogP contribution in [0.4, 0.5) is 0 Å². The normalized spacial score (nSPS) is 10.2. The second-order valence-electron chi connectivity index (χ2n) is 5.37. The van der Waals surface area contributed by atoms with Gasteiger partial charge < -0.3 is 5.11 Å². The molecule has 1 nitrogen and oxygen atoms in total. The van der Waals surface area contributed by atoms with Crippen molar-refractivity contribution in [3.8, 4) is 11.8 Å². The highest BCUT2D eigenvalue weighted by molar-refractivity contribution is 5.43. The van der Waals surface area contributed by atoms with Gasteiger partial charge in [0.05, 0.1) is 0 Å². The van der Waals surface area contributed by atoms with Crippen molar-refractivity contribution in [1.82, 2.24) is 0 Å². The molecule has 1 rings (SSSR count). The maximum absolute atomic E-state index is 8.84. The predicted molar refractivity (Wildman–Crippen MR) is 86.9 cm³/mol. The number of rotatable bonds is 8. The van der Waals surface area contributed by atoms with Crippen molar-refractivity contribution >= 4 is 0 Å². The first-order valence-corrected chi connectivity index (χ1v) is 8.03. The summed E-state index contributed by atoms with van der Waals surface area (Å²) >= 11 is 0. The molecule has 1 N–H and O–H groups in total.